The molecule has 0 fully saturated rings. The second kappa shape index (κ2) is 4.82. The van der Waals surface area contributed by atoms with Crippen molar-refractivity contribution < 1.29 is 9.53 Å². The van der Waals surface area contributed by atoms with E-state index in [2.05, 4.69) is 15.9 Å². The first-order valence-electron chi connectivity index (χ1n) is 3.89. The largest absolute Gasteiger partial charge is 0.460 e. The van der Waals surface area contributed by atoms with Crippen molar-refractivity contribution >= 4 is 21.9 Å². The van der Waals surface area contributed by atoms with Crippen LogP contribution in [0.15, 0.2) is 0 Å². The molecule has 4 heteroatoms. The molecule has 2 N–H and O–H groups in total. The Morgan fingerprint density at radius 1 is 1.58 bits per heavy atom. The number of nitrogens with two attached hydrogens (primary N) is 1. The number of carbonyl (C=O) groups excluding carboxylic acids is 1. The van der Waals surface area contributed by atoms with Crippen LogP contribution in [-0.2, 0) is 9.53 Å². The molecule has 0 amide bonds. The lowest BCUT2D eigenvalue weighted by Gasteiger charge is -2.22. The molecule has 0 rings (SSSR count). The van der Waals surface area contributed by atoms with Crippen molar-refractivity contribution in [2.24, 2.45) is 11.7 Å². The van der Waals surface area contributed by atoms with E-state index in [4.69, 9.17) is 10.5 Å². The Bertz CT molecular complexity index is 150. The molecule has 0 aromatic carbocycles. The molecule has 0 saturated carbocycles. The van der Waals surface area contributed by atoms with E-state index in [1.54, 1.807) is 0 Å². The van der Waals surface area contributed by atoms with Gasteiger partial charge in [-0.1, -0.05) is 15.9 Å². The highest BCUT2D eigenvalue weighted by Crippen LogP contribution is 2.11. The zero-order chi connectivity index (χ0) is 9.78. The first-order chi connectivity index (χ1) is 5.40. The topological polar surface area (TPSA) is 52.3 Å². The Morgan fingerprint density at radius 3 is 2.33 bits per heavy atom. The van der Waals surface area contributed by atoms with E-state index >= 15 is 0 Å². The van der Waals surface area contributed by atoms with Crippen molar-refractivity contribution in [2.45, 2.75) is 26.4 Å². The van der Waals surface area contributed by atoms with Crippen LogP contribution in [0.2, 0.25) is 0 Å². The second-order valence-corrected chi connectivity index (χ2v) is 4.27. The number of carbonyl (C=O) groups is 1. The Kier molecular flexibility index (Phi) is 4.78. The molecule has 72 valence electrons. The summed E-state index contributed by atoms with van der Waals surface area (Å²) in [6, 6.07) is 0. The van der Waals surface area contributed by atoms with Crippen molar-refractivity contribution in [1.82, 2.24) is 0 Å². The standard InChI is InChI=1S/C8H16BrNO2/c1-8(2,3)12-7(11)6(4-9)5-10/h6H,4-5,10H2,1-3H3/t6-/m0/s1. The average molecular weight is 238 g/mol. The van der Waals surface area contributed by atoms with Crippen LogP contribution in [-0.4, -0.2) is 23.4 Å². The SMILES string of the molecule is CC(C)(C)OC(=O)[C@H](CN)CBr. The van der Waals surface area contributed by atoms with Gasteiger partial charge in [0.25, 0.3) is 0 Å². The fourth-order valence-electron chi connectivity index (χ4n) is 0.607. The summed E-state index contributed by atoms with van der Waals surface area (Å²) in [5, 5.41) is 0.554. The molecule has 0 bridgehead atoms. The Balaban J connectivity index is 4.02. The van der Waals surface area contributed by atoms with Crippen LogP contribution < -0.4 is 5.73 Å². The van der Waals surface area contributed by atoms with Crippen LogP contribution in [0.1, 0.15) is 20.8 Å². The van der Waals surface area contributed by atoms with Gasteiger partial charge in [-0.2, -0.15) is 0 Å². The van der Waals surface area contributed by atoms with Gasteiger partial charge >= 0.3 is 5.97 Å². The van der Waals surface area contributed by atoms with E-state index in [1.807, 2.05) is 20.8 Å². The minimum absolute atomic E-state index is 0.232. The average Bonchev–Trinajstić information content (AvgIpc) is 1.85. The van der Waals surface area contributed by atoms with Gasteiger partial charge in [0.1, 0.15) is 5.60 Å². The van der Waals surface area contributed by atoms with E-state index in [-0.39, 0.29) is 11.9 Å². The number of ether oxygens (including phenoxy) is 1. The minimum atomic E-state index is -0.424. The smallest absolute Gasteiger partial charge is 0.311 e. The first-order valence-corrected chi connectivity index (χ1v) is 5.01. The molecule has 1 atom stereocenters. The van der Waals surface area contributed by atoms with E-state index in [0.29, 0.717) is 11.9 Å². The van der Waals surface area contributed by atoms with Gasteiger partial charge in [-0.15, -0.1) is 0 Å². The molecule has 0 heterocycles. The van der Waals surface area contributed by atoms with Gasteiger partial charge in [0.2, 0.25) is 0 Å². The molecule has 0 aliphatic heterocycles. The lowest BCUT2D eigenvalue weighted by Crippen LogP contribution is -2.33. The summed E-state index contributed by atoms with van der Waals surface area (Å²) in [7, 11) is 0. The highest BCUT2D eigenvalue weighted by molar-refractivity contribution is 9.09. The molecule has 0 aliphatic carbocycles. The zero-order valence-electron chi connectivity index (χ0n) is 7.76. The third-order valence-electron chi connectivity index (χ3n) is 1.21. The van der Waals surface area contributed by atoms with Crippen LogP contribution in [0.5, 0.6) is 0 Å². The van der Waals surface area contributed by atoms with Gasteiger partial charge in [-0.05, 0) is 20.8 Å². The molecule has 0 aliphatic rings. The summed E-state index contributed by atoms with van der Waals surface area (Å²) in [5.41, 5.74) is 4.95. The molecule has 0 saturated heterocycles. The summed E-state index contributed by atoms with van der Waals surface area (Å²) < 4.78 is 5.13. The van der Waals surface area contributed by atoms with Crippen LogP contribution in [0.3, 0.4) is 0 Å². The first kappa shape index (κ1) is 11.9. The lowest BCUT2D eigenvalue weighted by atomic mass is 10.1. The molecular formula is C8H16BrNO2. The maximum atomic E-state index is 11.3. The quantitative estimate of drug-likeness (QED) is 0.595. The summed E-state index contributed by atoms with van der Waals surface area (Å²) in [6.45, 7) is 5.84. The molecule has 0 aromatic rings. The van der Waals surface area contributed by atoms with Gasteiger partial charge in [0.15, 0.2) is 0 Å². The molecule has 0 aromatic heterocycles. The number of esters is 1. The summed E-state index contributed by atoms with van der Waals surface area (Å²) in [5.74, 6) is -0.467. The predicted octanol–water partition coefficient (Wildman–Crippen LogP) is 1.30. The Hall–Kier alpha value is -0.0900. The molecule has 0 spiro atoms. The normalized spacial score (nSPS) is 14.1. The lowest BCUT2D eigenvalue weighted by molar-refractivity contribution is -0.158. The van der Waals surface area contributed by atoms with Gasteiger partial charge in [-0.3, -0.25) is 4.79 Å². The molecular weight excluding hydrogens is 222 g/mol. The van der Waals surface area contributed by atoms with E-state index in [9.17, 15) is 4.79 Å². The van der Waals surface area contributed by atoms with Crippen molar-refractivity contribution in [3.8, 4) is 0 Å². The van der Waals surface area contributed by atoms with Crippen molar-refractivity contribution in [3.05, 3.63) is 0 Å². The summed E-state index contributed by atoms with van der Waals surface area (Å²) >= 11 is 3.20. The third kappa shape index (κ3) is 4.72. The van der Waals surface area contributed by atoms with Crippen LogP contribution in [0.4, 0.5) is 0 Å². The second-order valence-electron chi connectivity index (χ2n) is 3.62. The Morgan fingerprint density at radius 2 is 2.08 bits per heavy atom. The van der Waals surface area contributed by atoms with Crippen molar-refractivity contribution in [2.75, 3.05) is 11.9 Å². The molecule has 3 nitrogen and oxygen atoms in total. The highest BCUT2D eigenvalue weighted by atomic mass is 79.9. The predicted molar refractivity (Wildman–Crippen MR) is 52.2 cm³/mol. The highest BCUT2D eigenvalue weighted by Gasteiger charge is 2.22. The van der Waals surface area contributed by atoms with Crippen LogP contribution in [0, 0.1) is 5.92 Å². The molecule has 0 radical (unpaired) electrons. The van der Waals surface area contributed by atoms with Crippen LogP contribution >= 0.6 is 15.9 Å². The third-order valence-corrected chi connectivity index (χ3v) is 1.99. The van der Waals surface area contributed by atoms with E-state index < -0.39 is 5.60 Å². The monoisotopic (exact) mass is 237 g/mol. The van der Waals surface area contributed by atoms with E-state index in [1.165, 1.54) is 0 Å². The number of hydrogen-bond acceptors (Lipinski definition) is 3. The van der Waals surface area contributed by atoms with Crippen molar-refractivity contribution in [1.29, 1.82) is 0 Å². The number of hydrogen-bond donors (Lipinski definition) is 1. The maximum absolute atomic E-state index is 11.3. The van der Waals surface area contributed by atoms with Crippen LogP contribution in [0.25, 0.3) is 0 Å². The van der Waals surface area contributed by atoms with Crippen molar-refractivity contribution in [3.63, 3.8) is 0 Å². The number of rotatable bonds is 3. The molecule has 0 unspecified atom stereocenters. The van der Waals surface area contributed by atoms with Gasteiger partial charge in [0, 0.05) is 11.9 Å². The molecule has 12 heavy (non-hydrogen) atoms. The fourth-order valence-corrected chi connectivity index (χ4v) is 1.14. The summed E-state index contributed by atoms with van der Waals surface area (Å²) in [4.78, 5) is 11.3. The maximum Gasteiger partial charge on any atom is 0.311 e. The van der Waals surface area contributed by atoms with E-state index in [0.717, 1.165) is 0 Å². The minimum Gasteiger partial charge on any atom is -0.460 e. The number of alkyl halides is 1. The Labute approximate surface area is 81.8 Å². The van der Waals surface area contributed by atoms with Gasteiger partial charge < -0.3 is 10.5 Å². The number of halogens is 1. The van der Waals surface area contributed by atoms with Gasteiger partial charge in [0.05, 0.1) is 5.92 Å². The zero-order valence-corrected chi connectivity index (χ0v) is 9.35. The van der Waals surface area contributed by atoms with Gasteiger partial charge in [-0.25, -0.2) is 0 Å². The summed E-state index contributed by atoms with van der Waals surface area (Å²) in [6.07, 6.45) is 0. The fraction of sp³-hybridized carbons (Fsp3) is 0.875.